The van der Waals surface area contributed by atoms with E-state index in [1.165, 1.54) is 0 Å². The van der Waals surface area contributed by atoms with Crippen LogP contribution in [0, 0.1) is 0 Å². The summed E-state index contributed by atoms with van der Waals surface area (Å²) in [6, 6.07) is 0.186. The molecule has 0 aliphatic heterocycles. The average molecular weight is 424 g/mol. The van der Waals surface area contributed by atoms with Crippen LogP contribution in [0.2, 0.25) is 0 Å². The normalized spacial score (nSPS) is 19.7. The van der Waals surface area contributed by atoms with Crippen LogP contribution in [0.1, 0.15) is 61.2 Å². The van der Waals surface area contributed by atoms with Gasteiger partial charge in [0.15, 0.2) is 14.9 Å². The van der Waals surface area contributed by atoms with E-state index in [0.717, 1.165) is 73.3 Å². The minimum atomic E-state index is -3.75. The van der Waals surface area contributed by atoms with Gasteiger partial charge in [0.1, 0.15) is 0 Å². The largest absolute Gasteiger partial charge is 0.354 e. The number of aryl methyl sites for hydroxylation is 1. The van der Waals surface area contributed by atoms with Crippen molar-refractivity contribution in [1.82, 2.24) is 14.8 Å². The summed E-state index contributed by atoms with van der Waals surface area (Å²) in [4.78, 5) is 17.4. The fourth-order valence-electron chi connectivity index (χ4n) is 4.12. The summed E-state index contributed by atoms with van der Waals surface area (Å²) in [5, 5.41) is 11.5. The lowest BCUT2D eigenvalue weighted by atomic mass is 10.0. The number of fused-ring (bicyclic) bond motifs is 2. The third-order valence-electron chi connectivity index (χ3n) is 5.51. The summed E-state index contributed by atoms with van der Waals surface area (Å²) in [5.74, 6) is 0.362. The Hall–Kier alpha value is -2.40. The number of nitrogens with two attached hydrogens (primary N) is 1. The number of urea groups is 1. The molecule has 1 unspecified atom stereocenters. The van der Waals surface area contributed by atoms with E-state index >= 15 is 0 Å². The Morgan fingerprint density at radius 3 is 2.90 bits per heavy atom. The van der Waals surface area contributed by atoms with Gasteiger partial charge >= 0.3 is 12.6 Å². The van der Waals surface area contributed by atoms with Gasteiger partial charge in [0.05, 0.1) is 5.69 Å². The second-order valence-electron chi connectivity index (χ2n) is 7.27. The van der Waals surface area contributed by atoms with Crippen molar-refractivity contribution < 1.29 is 17.8 Å². The summed E-state index contributed by atoms with van der Waals surface area (Å²) in [6.07, 6.45) is 6.31. The second kappa shape index (κ2) is 7.45. The van der Waals surface area contributed by atoms with Gasteiger partial charge in [-0.1, -0.05) is 6.92 Å². The average Bonchev–Trinajstić information content (AvgIpc) is 3.39. The molecule has 4 rings (SSSR count). The quantitative estimate of drug-likeness (QED) is 0.781. The number of anilines is 1. The molecule has 3 N–H and O–H groups in total. The molecule has 2 amide bonds. The van der Waals surface area contributed by atoms with E-state index in [1.807, 2.05) is 0 Å². The molecule has 29 heavy (non-hydrogen) atoms. The first-order chi connectivity index (χ1) is 13.8. The van der Waals surface area contributed by atoms with Gasteiger partial charge in [0, 0.05) is 23.5 Å². The van der Waals surface area contributed by atoms with Gasteiger partial charge in [-0.05, 0) is 55.7 Å². The maximum Gasteiger partial charge on any atom is 0.354 e. The highest BCUT2D eigenvalue weighted by molar-refractivity contribution is 7.91. The topological polar surface area (TPSA) is 115 Å². The number of amides is 2. The fraction of sp³-hybridized carbons (Fsp3) is 0.500. The number of halogens is 2. The summed E-state index contributed by atoms with van der Waals surface area (Å²) in [5.41, 5.74) is 4.71. The Morgan fingerprint density at radius 1 is 1.41 bits per heavy atom. The molecule has 2 atom stereocenters. The molecule has 0 spiro atoms. The van der Waals surface area contributed by atoms with Crippen LogP contribution >= 0.6 is 0 Å². The second-order valence-corrected chi connectivity index (χ2v) is 9.01. The van der Waals surface area contributed by atoms with Crippen molar-refractivity contribution in [2.24, 2.45) is 9.50 Å². The minimum Gasteiger partial charge on any atom is -0.305 e. The summed E-state index contributed by atoms with van der Waals surface area (Å²) in [7, 11) is -3.75. The number of aromatic nitrogens is 3. The third kappa shape index (κ3) is 3.64. The molecule has 156 valence electrons. The van der Waals surface area contributed by atoms with Crippen molar-refractivity contribution in [2.75, 3.05) is 5.32 Å². The number of alkyl halides is 2. The zero-order valence-corrected chi connectivity index (χ0v) is 16.7. The molecule has 8 nitrogen and oxygen atoms in total. The Kier molecular flexibility index (Phi) is 5.11. The highest BCUT2D eigenvalue weighted by atomic mass is 32.2. The molecule has 2 heterocycles. The van der Waals surface area contributed by atoms with E-state index in [2.05, 4.69) is 21.7 Å². The molecule has 0 bridgehead atoms. The maximum absolute atomic E-state index is 12.7. The van der Waals surface area contributed by atoms with Crippen LogP contribution in [0.4, 0.5) is 19.3 Å². The van der Waals surface area contributed by atoms with Crippen LogP contribution in [-0.4, -0.2) is 25.0 Å². The van der Waals surface area contributed by atoms with Gasteiger partial charge in [0.2, 0.25) is 0 Å². The Bertz CT molecular complexity index is 1090. The van der Waals surface area contributed by atoms with E-state index in [4.69, 9.17) is 10.1 Å². The van der Waals surface area contributed by atoms with Crippen molar-refractivity contribution in [3.63, 3.8) is 0 Å². The fourth-order valence-corrected chi connectivity index (χ4v) is 4.98. The van der Waals surface area contributed by atoms with E-state index in [9.17, 15) is 17.8 Å². The number of hydrogen-bond donors (Lipinski definition) is 2. The molecule has 0 radical (unpaired) electrons. The molecule has 0 saturated heterocycles. The predicted octanol–water partition coefficient (Wildman–Crippen LogP) is 3.53. The van der Waals surface area contributed by atoms with Crippen LogP contribution in [-0.2, 0) is 29.2 Å². The van der Waals surface area contributed by atoms with Gasteiger partial charge < -0.3 is 5.32 Å². The number of rotatable bonds is 4. The number of carbonyl (C=O) groups is 1. The predicted molar refractivity (Wildman–Crippen MR) is 103 cm³/mol. The number of nitrogens with one attached hydrogen (secondary N) is 1. The molecule has 2 aliphatic carbocycles. The molecule has 0 fully saturated rings. The van der Waals surface area contributed by atoms with Crippen LogP contribution in [0.3, 0.4) is 0 Å². The third-order valence-corrected chi connectivity index (χ3v) is 6.77. The zero-order chi connectivity index (χ0) is 20.8. The van der Waals surface area contributed by atoms with Crippen LogP contribution in [0.25, 0.3) is 0 Å². The molecule has 2 aromatic rings. The molecule has 0 aromatic carbocycles. The first-order valence-corrected chi connectivity index (χ1v) is 11.1. The van der Waals surface area contributed by atoms with E-state index in [0.29, 0.717) is 16.3 Å². The molecule has 11 heteroatoms. The molecule has 0 saturated carbocycles. The summed E-state index contributed by atoms with van der Waals surface area (Å²) >= 11 is 0. The van der Waals surface area contributed by atoms with E-state index < -0.39 is 22.5 Å². The van der Waals surface area contributed by atoms with Crippen LogP contribution in [0.15, 0.2) is 21.7 Å². The first-order valence-electron chi connectivity index (χ1n) is 9.54. The molecular weight excluding hydrogens is 402 g/mol. The molecular formula is C18H22F2N6O2S. The van der Waals surface area contributed by atoms with Crippen LogP contribution in [0.5, 0.6) is 0 Å². The van der Waals surface area contributed by atoms with Gasteiger partial charge in [-0.15, -0.1) is 4.36 Å². The Balaban J connectivity index is 1.67. The highest BCUT2D eigenvalue weighted by Crippen LogP contribution is 2.42. The zero-order valence-electron chi connectivity index (χ0n) is 15.9. The number of carbonyl (C=O) groups excluding carboxylic acids is 1. The van der Waals surface area contributed by atoms with Crippen molar-refractivity contribution >= 4 is 21.6 Å². The smallest absolute Gasteiger partial charge is 0.305 e. The summed E-state index contributed by atoms with van der Waals surface area (Å²) in [6.45, 7) is -0.786. The lowest BCUT2D eigenvalue weighted by molar-refractivity contribution is 0.0554. The molecule has 2 aliphatic rings. The standard InChI is InChI=1S/C18H22F2N6O2S/c1-2-10-6-7-12-15(10)22-13-5-3-4-11(13)16(12)23-18(27)25-29(21,28)14-8-9-26(24-14)17(19)20/h8-10,17H,2-7H2,1H3,(H3,21,22,23,25,27,28)/t10?,29-/m1/s1. The maximum atomic E-state index is 12.7. The van der Waals surface area contributed by atoms with Crippen LogP contribution < -0.4 is 10.5 Å². The molecule has 2 aromatic heterocycles. The van der Waals surface area contributed by atoms with Crippen molar-refractivity contribution in [2.45, 2.75) is 62.9 Å². The van der Waals surface area contributed by atoms with E-state index in [-0.39, 0.29) is 5.03 Å². The van der Waals surface area contributed by atoms with E-state index in [1.54, 1.807) is 0 Å². The van der Waals surface area contributed by atoms with Gasteiger partial charge in [0.25, 0.3) is 0 Å². The highest BCUT2D eigenvalue weighted by Gasteiger charge is 2.31. The van der Waals surface area contributed by atoms with Gasteiger partial charge in [-0.25, -0.2) is 18.8 Å². The number of nitrogens with zero attached hydrogens (tertiary/aromatic N) is 4. The van der Waals surface area contributed by atoms with Crippen molar-refractivity contribution in [1.29, 1.82) is 0 Å². The Labute approximate surface area is 167 Å². The van der Waals surface area contributed by atoms with Crippen molar-refractivity contribution in [3.8, 4) is 0 Å². The van der Waals surface area contributed by atoms with Gasteiger partial charge in [-0.2, -0.15) is 13.9 Å². The first kappa shape index (κ1) is 19.9. The Morgan fingerprint density at radius 2 is 2.21 bits per heavy atom. The monoisotopic (exact) mass is 424 g/mol. The minimum absolute atomic E-state index is 0.308. The van der Waals surface area contributed by atoms with Gasteiger partial charge in [-0.3, -0.25) is 4.98 Å². The number of hydrogen-bond acceptors (Lipinski definition) is 4. The van der Waals surface area contributed by atoms with Crippen molar-refractivity contribution in [3.05, 3.63) is 34.8 Å². The SMILES string of the molecule is CCC1CCc2c1nc1c(c2NC(=O)N=[S@@](N)(=O)c2ccn(C(F)F)n2)CCC1. The lowest BCUT2D eigenvalue weighted by Crippen LogP contribution is -2.20. The lowest BCUT2D eigenvalue weighted by Gasteiger charge is -2.16. The summed E-state index contributed by atoms with van der Waals surface area (Å²) < 4.78 is 41.8. The number of pyridine rings is 1.